The molecule has 0 spiro atoms. The van der Waals surface area contributed by atoms with Crippen LogP contribution >= 0.6 is 11.8 Å². The Morgan fingerprint density at radius 2 is 2.09 bits per heavy atom. The van der Waals surface area contributed by atoms with Crippen molar-refractivity contribution in [2.24, 2.45) is 5.73 Å². The lowest BCUT2D eigenvalue weighted by molar-refractivity contribution is -0.119. The van der Waals surface area contributed by atoms with Crippen molar-refractivity contribution < 1.29 is 9.59 Å². The SMILES string of the molecule is Cc1ccc(-n2ccnc2SC(C)C(=O)NC(N)=O)c(C)c1. The maximum Gasteiger partial charge on any atom is 0.318 e. The number of urea groups is 1. The number of amides is 3. The van der Waals surface area contributed by atoms with Gasteiger partial charge in [0.1, 0.15) is 0 Å². The first-order valence-electron chi connectivity index (χ1n) is 6.76. The molecular formula is C15H18N4O2S. The zero-order chi connectivity index (χ0) is 16.3. The number of hydrogen-bond acceptors (Lipinski definition) is 4. The highest BCUT2D eigenvalue weighted by atomic mass is 32.2. The molecule has 1 heterocycles. The Hall–Kier alpha value is -2.28. The predicted molar refractivity (Wildman–Crippen MR) is 86.1 cm³/mol. The van der Waals surface area contributed by atoms with Gasteiger partial charge in [0, 0.05) is 12.4 Å². The summed E-state index contributed by atoms with van der Waals surface area (Å²) < 4.78 is 1.92. The number of aromatic nitrogens is 2. The number of hydrogen-bond donors (Lipinski definition) is 2. The Morgan fingerprint density at radius 1 is 1.36 bits per heavy atom. The number of benzene rings is 1. The van der Waals surface area contributed by atoms with Crippen molar-refractivity contribution in [2.45, 2.75) is 31.2 Å². The van der Waals surface area contributed by atoms with E-state index in [0.29, 0.717) is 5.16 Å². The third-order valence-corrected chi connectivity index (χ3v) is 4.20. The average Bonchev–Trinajstić information content (AvgIpc) is 2.86. The van der Waals surface area contributed by atoms with E-state index in [0.717, 1.165) is 11.3 Å². The summed E-state index contributed by atoms with van der Waals surface area (Å²) in [5.41, 5.74) is 8.27. The summed E-state index contributed by atoms with van der Waals surface area (Å²) in [4.78, 5) is 26.8. The summed E-state index contributed by atoms with van der Waals surface area (Å²) in [5.74, 6) is -0.437. The van der Waals surface area contributed by atoms with Gasteiger partial charge < -0.3 is 5.73 Å². The Kier molecular flexibility index (Phi) is 4.87. The molecule has 22 heavy (non-hydrogen) atoms. The fourth-order valence-electron chi connectivity index (χ4n) is 2.07. The molecule has 0 saturated carbocycles. The first-order valence-corrected chi connectivity index (χ1v) is 7.64. The number of nitrogens with zero attached hydrogens (tertiary/aromatic N) is 2. The highest BCUT2D eigenvalue weighted by Gasteiger charge is 2.19. The second-order valence-corrected chi connectivity index (χ2v) is 6.29. The molecule has 0 bridgehead atoms. The number of imide groups is 1. The number of rotatable bonds is 4. The fourth-order valence-corrected chi connectivity index (χ4v) is 2.95. The van der Waals surface area contributed by atoms with E-state index in [-0.39, 0.29) is 0 Å². The van der Waals surface area contributed by atoms with Gasteiger partial charge in [0.25, 0.3) is 0 Å². The summed E-state index contributed by atoms with van der Waals surface area (Å²) in [7, 11) is 0. The van der Waals surface area contributed by atoms with E-state index < -0.39 is 17.2 Å². The van der Waals surface area contributed by atoms with E-state index >= 15 is 0 Å². The number of nitrogens with two attached hydrogens (primary N) is 1. The number of imidazole rings is 1. The summed E-state index contributed by atoms with van der Waals surface area (Å²) in [6.07, 6.45) is 3.53. The average molecular weight is 318 g/mol. The van der Waals surface area contributed by atoms with Crippen LogP contribution in [0.15, 0.2) is 35.7 Å². The van der Waals surface area contributed by atoms with Crippen LogP contribution in [0.1, 0.15) is 18.1 Å². The van der Waals surface area contributed by atoms with Crippen molar-refractivity contribution >= 4 is 23.7 Å². The fraction of sp³-hybridized carbons (Fsp3) is 0.267. The van der Waals surface area contributed by atoms with Gasteiger partial charge in [0.2, 0.25) is 5.91 Å². The number of carbonyl (C=O) groups excluding carboxylic acids is 2. The minimum absolute atomic E-state index is 0.437. The molecule has 3 amide bonds. The van der Waals surface area contributed by atoms with Crippen LogP contribution in [0.3, 0.4) is 0 Å². The summed E-state index contributed by atoms with van der Waals surface area (Å²) in [5, 5.41) is 2.27. The zero-order valence-electron chi connectivity index (χ0n) is 12.7. The Morgan fingerprint density at radius 3 is 2.73 bits per heavy atom. The van der Waals surface area contributed by atoms with Crippen LogP contribution in [0.25, 0.3) is 5.69 Å². The molecule has 116 valence electrons. The quantitative estimate of drug-likeness (QED) is 0.845. The van der Waals surface area contributed by atoms with Crippen LogP contribution in [0.2, 0.25) is 0 Å². The van der Waals surface area contributed by atoms with Gasteiger partial charge in [-0.3, -0.25) is 14.7 Å². The topological polar surface area (TPSA) is 90.0 Å². The monoisotopic (exact) mass is 318 g/mol. The van der Waals surface area contributed by atoms with Crippen LogP contribution in [0, 0.1) is 13.8 Å². The van der Waals surface area contributed by atoms with Gasteiger partial charge in [-0.25, -0.2) is 9.78 Å². The van der Waals surface area contributed by atoms with Gasteiger partial charge >= 0.3 is 6.03 Å². The van der Waals surface area contributed by atoms with Gasteiger partial charge in [0.15, 0.2) is 5.16 Å². The molecule has 1 atom stereocenters. The summed E-state index contributed by atoms with van der Waals surface area (Å²) in [6, 6.07) is 5.28. The van der Waals surface area contributed by atoms with Gasteiger partial charge in [0.05, 0.1) is 10.9 Å². The lowest BCUT2D eigenvalue weighted by atomic mass is 10.1. The third kappa shape index (κ3) is 3.67. The van der Waals surface area contributed by atoms with Crippen LogP contribution in [-0.2, 0) is 4.79 Å². The standard InChI is InChI=1S/C15H18N4O2S/c1-9-4-5-12(10(2)8-9)19-7-6-17-15(19)22-11(3)13(20)18-14(16)21/h4-8,11H,1-3H3,(H3,16,18,20,21). The molecule has 0 aliphatic heterocycles. The third-order valence-electron chi connectivity index (χ3n) is 3.12. The zero-order valence-corrected chi connectivity index (χ0v) is 13.5. The van der Waals surface area contributed by atoms with Crippen molar-refractivity contribution in [1.82, 2.24) is 14.9 Å². The minimum atomic E-state index is -0.852. The van der Waals surface area contributed by atoms with E-state index in [9.17, 15) is 9.59 Å². The maximum atomic E-state index is 11.8. The van der Waals surface area contributed by atoms with E-state index in [1.807, 2.05) is 36.7 Å². The van der Waals surface area contributed by atoms with Crippen LogP contribution in [0.4, 0.5) is 4.79 Å². The summed E-state index contributed by atoms with van der Waals surface area (Å²) >= 11 is 1.27. The first kappa shape index (κ1) is 16.1. The molecule has 7 heteroatoms. The van der Waals surface area contributed by atoms with Crippen LogP contribution < -0.4 is 11.1 Å². The molecule has 0 aliphatic carbocycles. The number of carbonyl (C=O) groups is 2. The van der Waals surface area contributed by atoms with Crippen molar-refractivity contribution in [3.63, 3.8) is 0 Å². The largest absolute Gasteiger partial charge is 0.351 e. The number of thioether (sulfide) groups is 1. The maximum absolute atomic E-state index is 11.8. The Bertz CT molecular complexity index is 711. The molecule has 1 unspecified atom stereocenters. The van der Waals surface area contributed by atoms with Crippen molar-refractivity contribution in [3.05, 3.63) is 41.7 Å². The molecule has 0 radical (unpaired) electrons. The lowest BCUT2D eigenvalue weighted by Crippen LogP contribution is -2.39. The van der Waals surface area contributed by atoms with Crippen molar-refractivity contribution in [3.8, 4) is 5.69 Å². The van der Waals surface area contributed by atoms with E-state index in [1.54, 1.807) is 13.1 Å². The first-order chi connectivity index (χ1) is 10.4. The highest BCUT2D eigenvalue weighted by Crippen LogP contribution is 2.26. The van der Waals surface area contributed by atoms with Crippen LogP contribution in [0.5, 0.6) is 0 Å². The molecule has 0 fully saturated rings. The second-order valence-electron chi connectivity index (χ2n) is 4.98. The molecule has 6 nitrogen and oxygen atoms in total. The second kappa shape index (κ2) is 6.65. The van der Waals surface area contributed by atoms with Crippen LogP contribution in [-0.4, -0.2) is 26.7 Å². The van der Waals surface area contributed by atoms with Gasteiger partial charge in [-0.2, -0.15) is 0 Å². The molecule has 1 aromatic heterocycles. The molecule has 2 aromatic rings. The molecule has 0 saturated heterocycles. The Labute approximate surface area is 133 Å². The van der Waals surface area contributed by atoms with Crippen molar-refractivity contribution in [2.75, 3.05) is 0 Å². The lowest BCUT2D eigenvalue weighted by Gasteiger charge is -2.13. The van der Waals surface area contributed by atoms with E-state index in [2.05, 4.69) is 16.4 Å². The highest BCUT2D eigenvalue weighted by molar-refractivity contribution is 8.00. The van der Waals surface area contributed by atoms with E-state index in [4.69, 9.17) is 5.73 Å². The van der Waals surface area contributed by atoms with Gasteiger partial charge in [-0.1, -0.05) is 29.5 Å². The number of nitrogens with one attached hydrogen (secondary N) is 1. The molecular weight excluding hydrogens is 300 g/mol. The van der Waals surface area contributed by atoms with Gasteiger partial charge in [-0.05, 0) is 32.4 Å². The molecule has 1 aromatic carbocycles. The van der Waals surface area contributed by atoms with Crippen molar-refractivity contribution in [1.29, 1.82) is 0 Å². The molecule has 0 aliphatic rings. The smallest absolute Gasteiger partial charge is 0.318 e. The number of aryl methyl sites for hydroxylation is 2. The minimum Gasteiger partial charge on any atom is -0.351 e. The molecule has 3 N–H and O–H groups in total. The Balaban J connectivity index is 2.23. The summed E-state index contributed by atoms with van der Waals surface area (Å²) in [6.45, 7) is 5.76. The number of primary amides is 1. The molecule has 2 rings (SSSR count). The van der Waals surface area contributed by atoms with Gasteiger partial charge in [-0.15, -0.1) is 0 Å². The normalized spacial score (nSPS) is 12.0. The van der Waals surface area contributed by atoms with E-state index in [1.165, 1.54) is 17.3 Å². The predicted octanol–water partition coefficient (Wildman–Crippen LogP) is 2.16.